The number of anilines is 1. The zero-order valence-electron chi connectivity index (χ0n) is 21.3. The van der Waals surface area contributed by atoms with Gasteiger partial charge in [0, 0.05) is 19.1 Å². The lowest BCUT2D eigenvalue weighted by Crippen LogP contribution is -2.44. The van der Waals surface area contributed by atoms with E-state index in [-0.39, 0.29) is 30.3 Å². The first kappa shape index (κ1) is 26.3. The Kier molecular flexibility index (Phi) is 7.06. The van der Waals surface area contributed by atoms with Crippen molar-refractivity contribution >= 4 is 17.1 Å². The van der Waals surface area contributed by atoms with Crippen LogP contribution in [0.5, 0.6) is 0 Å². The smallest absolute Gasteiger partial charge is 0.341 e. The van der Waals surface area contributed by atoms with Gasteiger partial charge in [-0.05, 0) is 49.6 Å². The second-order valence-corrected chi connectivity index (χ2v) is 9.48. The van der Waals surface area contributed by atoms with Crippen molar-refractivity contribution in [2.45, 2.75) is 45.1 Å². The third-order valence-corrected chi connectivity index (χ3v) is 6.80. The summed E-state index contributed by atoms with van der Waals surface area (Å²) in [7, 11) is 0. The van der Waals surface area contributed by atoms with Gasteiger partial charge in [0.1, 0.15) is 0 Å². The Labute approximate surface area is 222 Å². The SMILES string of the molecule is CC#CCn1c(N2CCCC(N)C2)nc2c1c(=O)n(Cc1ccc(C(F)(F)F)cc1)c(=O)n2-c1ccccc1. The van der Waals surface area contributed by atoms with Crippen LogP contribution in [0, 0.1) is 11.8 Å². The lowest BCUT2D eigenvalue weighted by atomic mass is 10.1. The lowest BCUT2D eigenvalue weighted by Gasteiger charge is -2.31. The molecule has 1 unspecified atom stereocenters. The average molecular weight is 537 g/mol. The van der Waals surface area contributed by atoms with E-state index >= 15 is 0 Å². The van der Waals surface area contributed by atoms with Crippen LogP contribution in [-0.4, -0.2) is 37.8 Å². The van der Waals surface area contributed by atoms with Gasteiger partial charge in [0.2, 0.25) is 5.95 Å². The Morgan fingerprint density at radius 3 is 2.41 bits per heavy atom. The first-order valence-corrected chi connectivity index (χ1v) is 12.6. The highest BCUT2D eigenvalue weighted by Gasteiger charge is 2.30. The van der Waals surface area contributed by atoms with Gasteiger partial charge in [0.05, 0.1) is 24.3 Å². The highest BCUT2D eigenvalue weighted by molar-refractivity contribution is 5.76. The van der Waals surface area contributed by atoms with E-state index < -0.39 is 23.0 Å². The molecular weight excluding hydrogens is 509 g/mol. The molecule has 0 radical (unpaired) electrons. The molecule has 3 heterocycles. The molecule has 8 nitrogen and oxygen atoms in total. The molecular formula is C28H27F3N6O2. The van der Waals surface area contributed by atoms with Gasteiger partial charge < -0.3 is 10.6 Å². The summed E-state index contributed by atoms with van der Waals surface area (Å²) < 4.78 is 43.3. The van der Waals surface area contributed by atoms with Gasteiger partial charge in [0.15, 0.2) is 11.2 Å². The second kappa shape index (κ2) is 10.5. The molecule has 1 aliphatic heterocycles. The van der Waals surface area contributed by atoms with Gasteiger partial charge in [-0.1, -0.05) is 36.3 Å². The number of hydrogen-bond donors (Lipinski definition) is 1. The number of nitrogens with two attached hydrogens (primary N) is 1. The Bertz CT molecular complexity index is 1680. The van der Waals surface area contributed by atoms with Gasteiger partial charge in [-0.15, -0.1) is 5.92 Å². The van der Waals surface area contributed by atoms with Crippen LogP contribution >= 0.6 is 0 Å². The lowest BCUT2D eigenvalue weighted by molar-refractivity contribution is -0.137. The Morgan fingerprint density at radius 1 is 1.05 bits per heavy atom. The van der Waals surface area contributed by atoms with Gasteiger partial charge in [-0.25, -0.2) is 9.36 Å². The molecule has 2 aromatic carbocycles. The number of nitrogens with zero attached hydrogens (tertiary/aromatic N) is 5. The number of alkyl halides is 3. The number of hydrogen-bond acceptors (Lipinski definition) is 5. The molecule has 1 fully saturated rings. The van der Waals surface area contributed by atoms with E-state index in [9.17, 15) is 22.8 Å². The van der Waals surface area contributed by atoms with Crippen LogP contribution in [0.25, 0.3) is 16.9 Å². The van der Waals surface area contributed by atoms with Crippen LogP contribution in [0.2, 0.25) is 0 Å². The molecule has 2 N–H and O–H groups in total. The number of benzene rings is 2. The molecule has 39 heavy (non-hydrogen) atoms. The number of rotatable bonds is 5. The van der Waals surface area contributed by atoms with Crippen molar-refractivity contribution in [3.05, 3.63) is 86.6 Å². The van der Waals surface area contributed by atoms with E-state index in [1.807, 2.05) is 4.90 Å². The van der Waals surface area contributed by atoms with E-state index in [4.69, 9.17) is 10.7 Å². The van der Waals surface area contributed by atoms with Gasteiger partial charge in [-0.2, -0.15) is 18.2 Å². The molecule has 1 saturated heterocycles. The molecule has 4 aromatic rings. The fourth-order valence-corrected chi connectivity index (χ4v) is 4.89. The highest BCUT2D eigenvalue weighted by Crippen LogP contribution is 2.29. The maximum Gasteiger partial charge on any atom is 0.416 e. The van der Waals surface area contributed by atoms with Crippen molar-refractivity contribution in [2.24, 2.45) is 5.73 Å². The predicted molar refractivity (Wildman–Crippen MR) is 143 cm³/mol. The molecule has 5 rings (SSSR count). The van der Waals surface area contributed by atoms with Crippen LogP contribution < -0.4 is 21.9 Å². The molecule has 2 aromatic heterocycles. The van der Waals surface area contributed by atoms with Gasteiger partial charge >= 0.3 is 11.9 Å². The Hall–Kier alpha value is -4.30. The third-order valence-electron chi connectivity index (χ3n) is 6.80. The summed E-state index contributed by atoms with van der Waals surface area (Å²) in [6.45, 7) is 2.87. The van der Waals surface area contributed by atoms with Crippen molar-refractivity contribution in [2.75, 3.05) is 18.0 Å². The number of aromatic nitrogens is 4. The van der Waals surface area contributed by atoms with E-state index in [2.05, 4.69) is 11.8 Å². The van der Waals surface area contributed by atoms with E-state index in [1.165, 1.54) is 16.7 Å². The van der Waals surface area contributed by atoms with Crippen molar-refractivity contribution in [3.63, 3.8) is 0 Å². The molecule has 0 amide bonds. The normalized spacial score (nSPS) is 15.8. The predicted octanol–water partition coefficient (Wildman–Crippen LogP) is 3.37. The minimum Gasteiger partial charge on any atom is -0.341 e. The van der Waals surface area contributed by atoms with E-state index in [0.29, 0.717) is 30.3 Å². The van der Waals surface area contributed by atoms with E-state index in [0.717, 1.165) is 29.5 Å². The highest BCUT2D eigenvalue weighted by atomic mass is 19.4. The molecule has 202 valence electrons. The monoisotopic (exact) mass is 536 g/mol. The fourth-order valence-electron chi connectivity index (χ4n) is 4.89. The number of para-hydroxylation sites is 1. The average Bonchev–Trinajstić information content (AvgIpc) is 3.29. The molecule has 0 saturated carbocycles. The largest absolute Gasteiger partial charge is 0.416 e. The first-order valence-electron chi connectivity index (χ1n) is 12.6. The van der Waals surface area contributed by atoms with Crippen LogP contribution in [-0.2, 0) is 19.3 Å². The van der Waals surface area contributed by atoms with Gasteiger partial charge in [0.25, 0.3) is 5.56 Å². The minimum atomic E-state index is -4.49. The number of fused-ring (bicyclic) bond motifs is 1. The summed E-state index contributed by atoms with van der Waals surface area (Å²) in [5, 5.41) is 0. The molecule has 1 aliphatic rings. The van der Waals surface area contributed by atoms with Crippen LogP contribution in [0.4, 0.5) is 19.1 Å². The van der Waals surface area contributed by atoms with Gasteiger partial charge in [-0.3, -0.25) is 13.9 Å². The Balaban J connectivity index is 1.76. The third kappa shape index (κ3) is 5.07. The van der Waals surface area contributed by atoms with Crippen molar-refractivity contribution < 1.29 is 13.2 Å². The standard InChI is InChI=1S/C28H27F3N6O2/c1-2-3-16-35-23-24(33-26(35)34-15-7-8-21(32)18-34)37(22-9-5-4-6-10-22)27(39)36(25(23)38)17-19-11-13-20(14-12-19)28(29,30)31/h4-6,9-14,21H,7-8,15-18,32H2,1H3. The van der Waals surface area contributed by atoms with Crippen molar-refractivity contribution in [1.29, 1.82) is 0 Å². The number of imidazole rings is 1. The van der Waals surface area contributed by atoms with Crippen LogP contribution in [0.15, 0.2) is 64.2 Å². The molecule has 1 atom stereocenters. The van der Waals surface area contributed by atoms with Crippen LogP contribution in [0.3, 0.4) is 0 Å². The number of piperidine rings is 1. The summed E-state index contributed by atoms with van der Waals surface area (Å²) in [4.78, 5) is 34.6. The molecule has 11 heteroatoms. The molecule has 0 aliphatic carbocycles. The zero-order chi connectivity index (χ0) is 27.7. The topological polar surface area (TPSA) is 91.1 Å². The van der Waals surface area contributed by atoms with Crippen molar-refractivity contribution in [1.82, 2.24) is 18.7 Å². The summed E-state index contributed by atoms with van der Waals surface area (Å²) in [6.07, 6.45) is -2.76. The second-order valence-electron chi connectivity index (χ2n) is 9.48. The summed E-state index contributed by atoms with van der Waals surface area (Å²) in [5.74, 6) is 6.34. The molecule has 0 spiro atoms. The maximum absolute atomic E-state index is 13.9. The summed E-state index contributed by atoms with van der Waals surface area (Å²) in [5.41, 5.74) is 5.43. The summed E-state index contributed by atoms with van der Waals surface area (Å²) in [6, 6.07) is 13.2. The molecule has 0 bridgehead atoms. The van der Waals surface area contributed by atoms with E-state index in [1.54, 1.807) is 41.8 Å². The first-order chi connectivity index (χ1) is 18.7. The quantitative estimate of drug-likeness (QED) is 0.395. The maximum atomic E-state index is 13.9. The van der Waals surface area contributed by atoms with Crippen LogP contribution in [0.1, 0.15) is 30.9 Å². The minimum absolute atomic E-state index is 0.0584. The summed E-state index contributed by atoms with van der Waals surface area (Å²) >= 11 is 0. The fraction of sp³-hybridized carbons (Fsp3) is 0.321. The number of halogens is 3. The zero-order valence-corrected chi connectivity index (χ0v) is 21.3. The van der Waals surface area contributed by atoms with Crippen molar-refractivity contribution in [3.8, 4) is 17.5 Å². The Morgan fingerprint density at radius 2 is 1.77 bits per heavy atom.